The number of benzene rings is 1. The van der Waals surface area contributed by atoms with Crippen LogP contribution in [0.1, 0.15) is 31.2 Å². The molecule has 0 amide bonds. The van der Waals surface area contributed by atoms with Crippen LogP contribution in [0.25, 0.3) is 0 Å². The fourth-order valence-corrected chi connectivity index (χ4v) is 1.26. The molecule has 1 unspecified atom stereocenters. The number of terminal acetylenes is 1. The highest BCUT2D eigenvalue weighted by Crippen LogP contribution is 2.20. The second-order valence-electron chi connectivity index (χ2n) is 3.20. The van der Waals surface area contributed by atoms with Gasteiger partial charge in [-0.25, -0.2) is 4.39 Å². The van der Waals surface area contributed by atoms with E-state index in [0.717, 1.165) is 18.4 Å². The van der Waals surface area contributed by atoms with Gasteiger partial charge in [-0.2, -0.15) is 0 Å². The number of halogens is 1. The molecule has 0 aromatic heterocycles. The summed E-state index contributed by atoms with van der Waals surface area (Å²) in [6.45, 7) is 2.10. The molecule has 1 heteroatoms. The van der Waals surface area contributed by atoms with Gasteiger partial charge in [-0.1, -0.05) is 19.1 Å². The maximum absolute atomic E-state index is 12.6. The van der Waals surface area contributed by atoms with E-state index in [1.54, 1.807) is 0 Å². The van der Waals surface area contributed by atoms with Crippen molar-refractivity contribution in [1.82, 2.24) is 0 Å². The van der Waals surface area contributed by atoms with Crippen molar-refractivity contribution in [3.05, 3.63) is 35.6 Å². The molecule has 1 aromatic rings. The minimum Gasteiger partial charge on any atom is -0.207 e. The van der Waals surface area contributed by atoms with Crippen molar-refractivity contribution in [2.24, 2.45) is 0 Å². The molecule has 0 aliphatic carbocycles. The van der Waals surface area contributed by atoms with Crippen LogP contribution in [-0.2, 0) is 0 Å². The van der Waals surface area contributed by atoms with E-state index in [-0.39, 0.29) is 5.82 Å². The maximum atomic E-state index is 12.6. The molecular weight excluding hydrogens is 163 g/mol. The Balaban J connectivity index is 2.62. The van der Waals surface area contributed by atoms with Crippen molar-refractivity contribution in [2.45, 2.75) is 25.7 Å². The van der Waals surface area contributed by atoms with Gasteiger partial charge in [-0.05, 0) is 30.0 Å². The summed E-state index contributed by atoms with van der Waals surface area (Å²) in [6, 6.07) is 6.61. The smallest absolute Gasteiger partial charge is 0.123 e. The summed E-state index contributed by atoms with van der Waals surface area (Å²) >= 11 is 0. The Morgan fingerprint density at radius 3 is 2.54 bits per heavy atom. The van der Waals surface area contributed by atoms with Crippen LogP contribution in [0.3, 0.4) is 0 Å². The van der Waals surface area contributed by atoms with Crippen LogP contribution in [0.2, 0.25) is 0 Å². The molecule has 0 heterocycles. The van der Waals surface area contributed by atoms with E-state index in [2.05, 4.69) is 12.8 Å². The van der Waals surface area contributed by atoms with Crippen LogP contribution in [0.4, 0.5) is 4.39 Å². The lowest BCUT2D eigenvalue weighted by Gasteiger charge is -2.09. The van der Waals surface area contributed by atoms with E-state index in [1.807, 2.05) is 12.1 Å². The van der Waals surface area contributed by atoms with E-state index in [1.165, 1.54) is 12.1 Å². The first kappa shape index (κ1) is 9.80. The minimum absolute atomic E-state index is 0.187. The number of hydrogen-bond acceptors (Lipinski definition) is 0. The van der Waals surface area contributed by atoms with Gasteiger partial charge in [0.05, 0.1) is 0 Å². The Bertz CT molecular complexity index is 292. The maximum Gasteiger partial charge on any atom is 0.123 e. The zero-order valence-electron chi connectivity index (χ0n) is 7.76. The molecule has 0 N–H and O–H groups in total. The van der Waals surface area contributed by atoms with E-state index in [9.17, 15) is 4.39 Å². The molecule has 0 aliphatic rings. The van der Waals surface area contributed by atoms with Gasteiger partial charge in [-0.3, -0.25) is 0 Å². The van der Waals surface area contributed by atoms with Gasteiger partial charge in [0.2, 0.25) is 0 Å². The minimum atomic E-state index is -0.187. The first-order chi connectivity index (χ1) is 6.24. The average molecular weight is 176 g/mol. The fourth-order valence-electron chi connectivity index (χ4n) is 1.26. The van der Waals surface area contributed by atoms with Gasteiger partial charge in [0.1, 0.15) is 5.82 Å². The molecule has 0 spiro atoms. The largest absolute Gasteiger partial charge is 0.207 e. The normalized spacial score (nSPS) is 12.1. The number of rotatable bonds is 3. The molecule has 0 nitrogen and oxygen atoms in total. The first-order valence-electron chi connectivity index (χ1n) is 4.43. The van der Waals surface area contributed by atoms with Crippen molar-refractivity contribution >= 4 is 0 Å². The van der Waals surface area contributed by atoms with Crippen LogP contribution >= 0.6 is 0 Å². The fraction of sp³-hybridized carbons (Fsp3) is 0.333. The summed E-state index contributed by atoms with van der Waals surface area (Å²) in [7, 11) is 0. The first-order valence-corrected chi connectivity index (χ1v) is 4.43. The predicted octanol–water partition coefficient (Wildman–Crippen LogP) is 3.34. The zero-order chi connectivity index (χ0) is 9.68. The predicted molar refractivity (Wildman–Crippen MR) is 52.9 cm³/mol. The van der Waals surface area contributed by atoms with Gasteiger partial charge < -0.3 is 0 Å². The highest BCUT2D eigenvalue weighted by atomic mass is 19.1. The third-order valence-corrected chi connectivity index (χ3v) is 2.16. The molecule has 1 aromatic carbocycles. The highest BCUT2D eigenvalue weighted by Gasteiger charge is 2.03. The highest BCUT2D eigenvalue weighted by molar-refractivity contribution is 5.19. The monoisotopic (exact) mass is 176 g/mol. The lowest BCUT2D eigenvalue weighted by molar-refractivity contribution is 0.624. The third-order valence-electron chi connectivity index (χ3n) is 2.16. The molecule has 0 bridgehead atoms. The van der Waals surface area contributed by atoms with Gasteiger partial charge >= 0.3 is 0 Å². The van der Waals surface area contributed by atoms with Crippen LogP contribution in [0.5, 0.6) is 0 Å². The standard InChI is InChI=1S/C12H13F/c1-3-4-5-10(2)11-6-8-12(13)9-7-11/h1,6-10H,4-5H2,2H3. The Labute approximate surface area is 78.8 Å². The summed E-state index contributed by atoms with van der Waals surface area (Å²) in [5.74, 6) is 2.83. The number of hydrogen-bond donors (Lipinski definition) is 0. The molecule has 68 valence electrons. The van der Waals surface area contributed by atoms with E-state index < -0.39 is 0 Å². The van der Waals surface area contributed by atoms with Gasteiger partial charge in [0.15, 0.2) is 0 Å². The van der Waals surface area contributed by atoms with E-state index >= 15 is 0 Å². The summed E-state index contributed by atoms with van der Waals surface area (Å²) in [5, 5.41) is 0. The Kier molecular flexibility index (Phi) is 3.52. The van der Waals surface area contributed by atoms with Crippen molar-refractivity contribution < 1.29 is 4.39 Å². The summed E-state index contributed by atoms with van der Waals surface area (Å²) in [4.78, 5) is 0. The van der Waals surface area contributed by atoms with Crippen molar-refractivity contribution in [3.8, 4) is 12.3 Å². The molecular formula is C12H13F. The molecule has 0 aliphatic heterocycles. The average Bonchev–Trinajstić information content (AvgIpc) is 2.15. The Morgan fingerprint density at radius 1 is 1.38 bits per heavy atom. The molecule has 1 rings (SSSR count). The third kappa shape index (κ3) is 2.91. The topological polar surface area (TPSA) is 0 Å². The molecule has 13 heavy (non-hydrogen) atoms. The van der Waals surface area contributed by atoms with Crippen molar-refractivity contribution in [1.29, 1.82) is 0 Å². The quantitative estimate of drug-likeness (QED) is 0.619. The zero-order valence-corrected chi connectivity index (χ0v) is 7.76. The Hall–Kier alpha value is -1.29. The van der Waals surface area contributed by atoms with Crippen LogP contribution in [0, 0.1) is 18.2 Å². The lowest BCUT2D eigenvalue weighted by atomic mass is 9.96. The van der Waals surface area contributed by atoms with E-state index in [0.29, 0.717) is 5.92 Å². The summed E-state index contributed by atoms with van der Waals surface area (Å²) < 4.78 is 12.6. The second-order valence-corrected chi connectivity index (χ2v) is 3.20. The SMILES string of the molecule is C#CCCC(C)c1ccc(F)cc1. The Morgan fingerprint density at radius 2 is 2.00 bits per heavy atom. The van der Waals surface area contributed by atoms with Gasteiger partial charge in [-0.15, -0.1) is 12.3 Å². The van der Waals surface area contributed by atoms with Crippen LogP contribution in [0.15, 0.2) is 24.3 Å². The molecule has 0 saturated carbocycles. The molecule has 0 saturated heterocycles. The van der Waals surface area contributed by atoms with Gasteiger partial charge in [0, 0.05) is 6.42 Å². The second kappa shape index (κ2) is 4.67. The molecule has 1 atom stereocenters. The summed E-state index contributed by atoms with van der Waals surface area (Å²) in [5.41, 5.74) is 1.15. The van der Waals surface area contributed by atoms with Gasteiger partial charge in [0.25, 0.3) is 0 Å². The lowest BCUT2D eigenvalue weighted by Crippen LogP contribution is -1.92. The molecule has 0 radical (unpaired) electrons. The molecule has 0 fully saturated rings. The van der Waals surface area contributed by atoms with E-state index in [4.69, 9.17) is 6.42 Å². The van der Waals surface area contributed by atoms with Crippen molar-refractivity contribution in [2.75, 3.05) is 0 Å². The van der Waals surface area contributed by atoms with Crippen LogP contribution in [-0.4, -0.2) is 0 Å². The van der Waals surface area contributed by atoms with Crippen molar-refractivity contribution in [3.63, 3.8) is 0 Å². The summed E-state index contributed by atoms with van der Waals surface area (Å²) in [6.07, 6.45) is 6.91. The van der Waals surface area contributed by atoms with Crippen LogP contribution < -0.4 is 0 Å².